The van der Waals surface area contributed by atoms with Crippen LogP contribution in [0, 0.1) is 5.92 Å². The predicted molar refractivity (Wildman–Crippen MR) is 62.2 cm³/mol. The van der Waals surface area contributed by atoms with Gasteiger partial charge in [0.1, 0.15) is 5.75 Å². The van der Waals surface area contributed by atoms with E-state index in [4.69, 9.17) is 9.84 Å². The smallest absolute Gasteiger partial charge is 0.119 e. The Morgan fingerprint density at radius 1 is 1.27 bits per heavy atom. The van der Waals surface area contributed by atoms with Crippen LogP contribution in [0.5, 0.6) is 5.75 Å². The summed E-state index contributed by atoms with van der Waals surface area (Å²) in [6.07, 6.45) is 1.89. The SMILES string of the molecule is CCOc1ccc(CC(C)CCO)cc1. The molecule has 0 aliphatic rings. The Balaban J connectivity index is 2.48. The fraction of sp³-hybridized carbons (Fsp3) is 0.538. The first kappa shape index (κ1) is 12.1. The molecule has 0 fully saturated rings. The first-order chi connectivity index (χ1) is 7.26. The topological polar surface area (TPSA) is 29.5 Å². The van der Waals surface area contributed by atoms with Crippen molar-refractivity contribution >= 4 is 0 Å². The van der Waals surface area contributed by atoms with Crippen molar-refractivity contribution in [2.45, 2.75) is 26.7 Å². The number of rotatable bonds is 6. The van der Waals surface area contributed by atoms with Gasteiger partial charge in [-0.15, -0.1) is 0 Å². The van der Waals surface area contributed by atoms with Crippen molar-refractivity contribution in [2.24, 2.45) is 5.92 Å². The minimum absolute atomic E-state index is 0.276. The summed E-state index contributed by atoms with van der Waals surface area (Å²) in [5.41, 5.74) is 1.31. The Hall–Kier alpha value is -1.02. The van der Waals surface area contributed by atoms with Gasteiger partial charge < -0.3 is 9.84 Å². The van der Waals surface area contributed by atoms with Gasteiger partial charge in [-0.1, -0.05) is 19.1 Å². The molecule has 0 heterocycles. The molecule has 1 aromatic carbocycles. The van der Waals surface area contributed by atoms with Crippen LogP contribution in [0.3, 0.4) is 0 Å². The van der Waals surface area contributed by atoms with Gasteiger partial charge in [0.2, 0.25) is 0 Å². The molecule has 1 aromatic rings. The number of aliphatic hydroxyl groups is 1. The minimum Gasteiger partial charge on any atom is -0.494 e. The van der Waals surface area contributed by atoms with E-state index in [0.29, 0.717) is 12.5 Å². The molecule has 0 aliphatic heterocycles. The van der Waals surface area contributed by atoms with Crippen molar-refractivity contribution in [1.29, 1.82) is 0 Å². The number of hydrogen-bond acceptors (Lipinski definition) is 2. The fourth-order valence-electron chi connectivity index (χ4n) is 1.61. The van der Waals surface area contributed by atoms with Crippen LogP contribution in [0.25, 0.3) is 0 Å². The average molecular weight is 208 g/mol. The zero-order valence-electron chi connectivity index (χ0n) is 9.57. The van der Waals surface area contributed by atoms with Gasteiger partial charge in [-0.2, -0.15) is 0 Å². The molecule has 0 aromatic heterocycles. The highest BCUT2D eigenvalue weighted by molar-refractivity contribution is 5.27. The van der Waals surface area contributed by atoms with E-state index in [2.05, 4.69) is 19.1 Å². The highest BCUT2D eigenvalue weighted by Crippen LogP contribution is 2.16. The highest BCUT2D eigenvalue weighted by Gasteiger charge is 2.03. The molecule has 0 amide bonds. The quantitative estimate of drug-likeness (QED) is 0.778. The van der Waals surface area contributed by atoms with Crippen LogP contribution in [-0.4, -0.2) is 18.3 Å². The van der Waals surface area contributed by atoms with E-state index >= 15 is 0 Å². The highest BCUT2D eigenvalue weighted by atomic mass is 16.5. The Bertz CT molecular complexity index is 266. The molecule has 2 nitrogen and oxygen atoms in total. The molecule has 0 spiro atoms. The number of hydrogen-bond donors (Lipinski definition) is 1. The molecule has 84 valence electrons. The molecule has 1 N–H and O–H groups in total. The number of ether oxygens (including phenoxy) is 1. The van der Waals surface area contributed by atoms with Crippen molar-refractivity contribution < 1.29 is 9.84 Å². The van der Waals surface area contributed by atoms with E-state index in [1.54, 1.807) is 0 Å². The Labute approximate surface area is 91.9 Å². The van der Waals surface area contributed by atoms with E-state index in [0.717, 1.165) is 18.6 Å². The van der Waals surface area contributed by atoms with Gasteiger partial charge in [-0.05, 0) is 43.4 Å². The molecular formula is C13H20O2. The second kappa shape index (κ2) is 6.46. The summed E-state index contributed by atoms with van der Waals surface area (Å²) in [7, 11) is 0. The van der Waals surface area contributed by atoms with Crippen LogP contribution in [0.4, 0.5) is 0 Å². The summed E-state index contributed by atoms with van der Waals surface area (Å²) in [5, 5.41) is 8.81. The lowest BCUT2D eigenvalue weighted by atomic mass is 9.98. The molecule has 0 radical (unpaired) electrons. The lowest BCUT2D eigenvalue weighted by molar-refractivity contribution is 0.262. The second-order valence-electron chi connectivity index (χ2n) is 3.90. The third kappa shape index (κ3) is 4.34. The molecular weight excluding hydrogens is 188 g/mol. The molecule has 1 atom stereocenters. The van der Waals surface area contributed by atoms with Crippen LogP contribution >= 0.6 is 0 Å². The van der Waals surface area contributed by atoms with Crippen molar-refractivity contribution in [3.8, 4) is 5.75 Å². The monoisotopic (exact) mass is 208 g/mol. The van der Waals surface area contributed by atoms with Crippen LogP contribution < -0.4 is 4.74 Å². The van der Waals surface area contributed by atoms with Crippen LogP contribution in [0.1, 0.15) is 25.8 Å². The Morgan fingerprint density at radius 2 is 1.93 bits per heavy atom. The molecule has 0 saturated carbocycles. The van der Waals surface area contributed by atoms with Gasteiger partial charge in [-0.25, -0.2) is 0 Å². The predicted octanol–water partition coefficient (Wildman–Crippen LogP) is 2.65. The van der Waals surface area contributed by atoms with Crippen molar-refractivity contribution in [3.63, 3.8) is 0 Å². The van der Waals surface area contributed by atoms with Gasteiger partial charge in [0.25, 0.3) is 0 Å². The average Bonchev–Trinajstić information content (AvgIpc) is 2.22. The lowest BCUT2D eigenvalue weighted by Crippen LogP contribution is -2.02. The molecule has 0 bridgehead atoms. The fourth-order valence-corrected chi connectivity index (χ4v) is 1.61. The molecule has 15 heavy (non-hydrogen) atoms. The van der Waals surface area contributed by atoms with E-state index in [1.165, 1.54) is 5.56 Å². The normalized spacial score (nSPS) is 12.5. The Morgan fingerprint density at radius 3 is 2.47 bits per heavy atom. The summed E-state index contributed by atoms with van der Waals surface area (Å²) in [4.78, 5) is 0. The first-order valence-corrected chi connectivity index (χ1v) is 5.58. The van der Waals surface area contributed by atoms with Crippen LogP contribution in [0.15, 0.2) is 24.3 Å². The summed E-state index contributed by atoms with van der Waals surface area (Å²) >= 11 is 0. The van der Waals surface area contributed by atoms with Crippen molar-refractivity contribution in [3.05, 3.63) is 29.8 Å². The number of aliphatic hydroxyl groups excluding tert-OH is 1. The summed E-state index contributed by atoms with van der Waals surface area (Å²) < 4.78 is 5.37. The molecule has 0 saturated heterocycles. The van der Waals surface area contributed by atoms with Gasteiger partial charge in [0, 0.05) is 6.61 Å². The standard InChI is InChI=1S/C13H20O2/c1-3-15-13-6-4-12(5-7-13)10-11(2)8-9-14/h4-7,11,14H,3,8-10H2,1-2H3. The maximum atomic E-state index is 8.81. The van der Waals surface area contributed by atoms with Crippen molar-refractivity contribution in [1.82, 2.24) is 0 Å². The van der Waals surface area contributed by atoms with E-state index < -0.39 is 0 Å². The molecule has 2 heteroatoms. The van der Waals surface area contributed by atoms with Crippen LogP contribution in [0.2, 0.25) is 0 Å². The lowest BCUT2D eigenvalue weighted by Gasteiger charge is -2.10. The van der Waals surface area contributed by atoms with E-state index in [9.17, 15) is 0 Å². The largest absolute Gasteiger partial charge is 0.494 e. The van der Waals surface area contributed by atoms with Gasteiger partial charge in [-0.3, -0.25) is 0 Å². The van der Waals surface area contributed by atoms with Gasteiger partial charge in [0.05, 0.1) is 6.61 Å². The van der Waals surface area contributed by atoms with E-state index in [1.807, 2.05) is 19.1 Å². The van der Waals surface area contributed by atoms with Gasteiger partial charge >= 0.3 is 0 Å². The minimum atomic E-state index is 0.276. The summed E-state index contributed by atoms with van der Waals surface area (Å²) in [5.74, 6) is 1.46. The van der Waals surface area contributed by atoms with Crippen LogP contribution in [-0.2, 0) is 6.42 Å². The number of benzene rings is 1. The summed E-state index contributed by atoms with van der Waals surface area (Å²) in [6.45, 7) is 5.13. The zero-order valence-corrected chi connectivity index (χ0v) is 9.57. The second-order valence-corrected chi connectivity index (χ2v) is 3.90. The molecule has 1 unspecified atom stereocenters. The molecule has 1 rings (SSSR count). The zero-order chi connectivity index (χ0) is 11.1. The maximum absolute atomic E-state index is 8.81. The maximum Gasteiger partial charge on any atom is 0.119 e. The Kier molecular flexibility index (Phi) is 5.19. The first-order valence-electron chi connectivity index (χ1n) is 5.58. The summed E-state index contributed by atoms with van der Waals surface area (Å²) in [6, 6.07) is 8.20. The third-order valence-corrected chi connectivity index (χ3v) is 2.44. The third-order valence-electron chi connectivity index (χ3n) is 2.44. The van der Waals surface area contributed by atoms with Gasteiger partial charge in [0.15, 0.2) is 0 Å². The van der Waals surface area contributed by atoms with Crippen molar-refractivity contribution in [2.75, 3.05) is 13.2 Å². The van der Waals surface area contributed by atoms with E-state index in [-0.39, 0.29) is 6.61 Å². The molecule has 0 aliphatic carbocycles.